The number of carbonyl (C=O) groups is 2. The van der Waals surface area contributed by atoms with Gasteiger partial charge in [0.2, 0.25) is 0 Å². The number of ketones is 1. The van der Waals surface area contributed by atoms with Gasteiger partial charge in [0.15, 0.2) is 5.78 Å². The van der Waals surface area contributed by atoms with Gasteiger partial charge in [-0.2, -0.15) is 0 Å². The maximum atomic E-state index is 12.9. The van der Waals surface area contributed by atoms with E-state index in [2.05, 4.69) is 4.72 Å². The molecule has 0 unspecified atom stereocenters. The predicted octanol–water partition coefficient (Wildman–Crippen LogP) is 3.23. The molecule has 1 amide bonds. The average molecular weight is 386 g/mol. The SMILES string of the molecule is CC(=O)c1cccc(S(=O)(=O)Nc2c(C)cccc2C(=O)N2CCCC2)c1. The van der Waals surface area contributed by atoms with Gasteiger partial charge in [-0.1, -0.05) is 24.3 Å². The van der Waals surface area contributed by atoms with Crippen LogP contribution in [0.1, 0.15) is 46.0 Å². The Kier molecular flexibility index (Phi) is 5.32. The maximum Gasteiger partial charge on any atom is 0.261 e. The summed E-state index contributed by atoms with van der Waals surface area (Å²) in [6.45, 7) is 4.50. The molecule has 0 bridgehead atoms. The van der Waals surface area contributed by atoms with Crippen LogP contribution in [0.4, 0.5) is 5.69 Å². The number of sulfonamides is 1. The molecule has 1 heterocycles. The van der Waals surface area contributed by atoms with Crippen molar-refractivity contribution in [2.45, 2.75) is 31.6 Å². The van der Waals surface area contributed by atoms with E-state index in [1.54, 1.807) is 36.1 Å². The minimum atomic E-state index is -3.94. The zero-order chi connectivity index (χ0) is 19.6. The van der Waals surface area contributed by atoms with E-state index in [1.807, 2.05) is 0 Å². The van der Waals surface area contributed by atoms with Gasteiger partial charge in [-0.3, -0.25) is 14.3 Å². The maximum absolute atomic E-state index is 12.9. The van der Waals surface area contributed by atoms with Crippen LogP contribution in [0.5, 0.6) is 0 Å². The second kappa shape index (κ2) is 7.52. The number of nitrogens with zero attached hydrogens (tertiary/aromatic N) is 1. The molecule has 27 heavy (non-hydrogen) atoms. The van der Waals surface area contributed by atoms with Crippen LogP contribution in [0, 0.1) is 6.92 Å². The number of para-hydroxylation sites is 1. The summed E-state index contributed by atoms with van der Waals surface area (Å²) in [6, 6.07) is 11.0. The third kappa shape index (κ3) is 4.03. The summed E-state index contributed by atoms with van der Waals surface area (Å²) in [4.78, 5) is 26.1. The zero-order valence-corrected chi connectivity index (χ0v) is 16.2. The molecule has 0 atom stereocenters. The predicted molar refractivity (Wildman–Crippen MR) is 104 cm³/mol. The van der Waals surface area contributed by atoms with E-state index in [0.29, 0.717) is 29.8 Å². The molecule has 0 aromatic heterocycles. The van der Waals surface area contributed by atoms with E-state index in [9.17, 15) is 18.0 Å². The Morgan fingerprint density at radius 1 is 1.04 bits per heavy atom. The van der Waals surface area contributed by atoms with E-state index in [0.717, 1.165) is 12.8 Å². The highest BCUT2D eigenvalue weighted by Gasteiger charge is 2.25. The number of likely N-dealkylation sites (tertiary alicyclic amines) is 1. The lowest BCUT2D eigenvalue weighted by Gasteiger charge is -2.20. The van der Waals surface area contributed by atoms with Crippen molar-refractivity contribution < 1.29 is 18.0 Å². The summed E-state index contributed by atoms with van der Waals surface area (Å²) in [5, 5.41) is 0. The minimum Gasteiger partial charge on any atom is -0.339 e. The van der Waals surface area contributed by atoms with E-state index in [1.165, 1.54) is 25.1 Å². The van der Waals surface area contributed by atoms with Gasteiger partial charge in [-0.05, 0) is 50.5 Å². The van der Waals surface area contributed by atoms with Crippen molar-refractivity contribution in [3.8, 4) is 0 Å². The Morgan fingerprint density at radius 2 is 1.70 bits per heavy atom. The molecule has 0 spiro atoms. The van der Waals surface area contributed by atoms with E-state index in [-0.39, 0.29) is 22.3 Å². The molecule has 1 saturated heterocycles. The highest BCUT2D eigenvalue weighted by Crippen LogP contribution is 2.27. The average Bonchev–Trinajstić information content (AvgIpc) is 3.17. The molecule has 7 heteroatoms. The fourth-order valence-corrected chi connectivity index (χ4v) is 4.34. The highest BCUT2D eigenvalue weighted by molar-refractivity contribution is 7.92. The van der Waals surface area contributed by atoms with E-state index < -0.39 is 10.0 Å². The monoisotopic (exact) mass is 386 g/mol. The van der Waals surface area contributed by atoms with Gasteiger partial charge >= 0.3 is 0 Å². The van der Waals surface area contributed by atoms with Crippen LogP contribution in [0.25, 0.3) is 0 Å². The van der Waals surface area contributed by atoms with Gasteiger partial charge in [0.25, 0.3) is 15.9 Å². The lowest BCUT2D eigenvalue weighted by atomic mass is 10.1. The number of hydrogen-bond acceptors (Lipinski definition) is 4. The van der Waals surface area contributed by atoms with Crippen LogP contribution in [0.15, 0.2) is 47.4 Å². The van der Waals surface area contributed by atoms with Crippen molar-refractivity contribution in [2.75, 3.05) is 17.8 Å². The highest BCUT2D eigenvalue weighted by atomic mass is 32.2. The van der Waals surface area contributed by atoms with Gasteiger partial charge in [-0.25, -0.2) is 8.42 Å². The number of benzene rings is 2. The molecule has 0 radical (unpaired) electrons. The Labute approximate surface area is 159 Å². The first-order valence-electron chi connectivity index (χ1n) is 8.82. The number of carbonyl (C=O) groups excluding carboxylic acids is 2. The van der Waals surface area contributed by atoms with Crippen molar-refractivity contribution in [2.24, 2.45) is 0 Å². The van der Waals surface area contributed by atoms with Gasteiger partial charge in [-0.15, -0.1) is 0 Å². The number of hydrogen-bond donors (Lipinski definition) is 1. The first kappa shape index (κ1) is 19.1. The molecule has 1 aliphatic heterocycles. The molecule has 6 nitrogen and oxygen atoms in total. The molecule has 0 saturated carbocycles. The summed E-state index contributed by atoms with van der Waals surface area (Å²) >= 11 is 0. The van der Waals surface area contributed by atoms with Crippen LogP contribution in [0.2, 0.25) is 0 Å². The number of rotatable bonds is 5. The first-order chi connectivity index (χ1) is 12.8. The fourth-order valence-electron chi connectivity index (χ4n) is 3.15. The number of anilines is 1. The largest absolute Gasteiger partial charge is 0.339 e. The summed E-state index contributed by atoms with van der Waals surface area (Å²) < 4.78 is 28.3. The van der Waals surface area contributed by atoms with Crippen molar-refractivity contribution >= 4 is 27.4 Å². The standard InChI is InChI=1S/C20H22N2O4S/c1-14-7-5-10-18(20(24)22-11-3-4-12-22)19(14)21-27(25,26)17-9-6-8-16(13-17)15(2)23/h5-10,13,21H,3-4,11-12H2,1-2H3. The van der Waals surface area contributed by atoms with Crippen molar-refractivity contribution in [1.82, 2.24) is 4.90 Å². The normalized spacial score (nSPS) is 14.2. The molecule has 1 N–H and O–H groups in total. The molecule has 2 aromatic carbocycles. The molecular formula is C20H22N2O4S. The first-order valence-corrected chi connectivity index (χ1v) is 10.3. The van der Waals surface area contributed by atoms with Crippen LogP contribution >= 0.6 is 0 Å². The summed E-state index contributed by atoms with van der Waals surface area (Å²) in [5.74, 6) is -0.390. The number of aryl methyl sites for hydroxylation is 1. The number of Topliss-reactive ketones (excluding diaryl/α,β-unsaturated/α-hetero) is 1. The van der Waals surface area contributed by atoms with Crippen molar-refractivity contribution in [1.29, 1.82) is 0 Å². The second-order valence-corrected chi connectivity index (χ2v) is 8.37. The quantitative estimate of drug-likeness (QED) is 0.800. The summed E-state index contributed by atoms with van der Waals surface area (Å²) in [7, 11) is -3.94. The second-order valence-electron chi connectivity index (χ2n) is 6.69. The number of amides is 1. The van der Waals surface area contributed by atoms with Gasteiger partial charge in [0, 0.05) is 18.7 Å². The molecule has 0 aliphatic carbocycles. The topological polar surface area (TPSA) is 83.5 Å². The molecular weight excluding hydrogens is 364 g/mol. The lowest BCUT2D eigenvalue weighted by Crippen LogP contribution is -2.29. The fraction of sp³-hybridized carbons (Fsp3) is 0.300. The Hall–Kier alpha value is -2.67. The molecule has 1 aliphatic rings. The van der Waals surface area contributed by atoms with Crippen LogP contribution in [0.3, 0.4) is 0 Å². The Balaban J connectivity index is 1.98. The minimum absolute atomic E-state index is 0.0157. The molecule has 3 rings (SSSR count). The molecule has 142 valence electrons. The van der Waals surface area contributed by atoms with Gasteiger partial charge < -0.3 is 4.90 Å². The number of nitrogens with one attached hydrogen (secondary N) is 1. The smallest absolute Gasteiger partial charge is 0.261 e. The van der Waals surface area contributed by atoms with Gasteiger partial charge in [0.05, 0.1) is 16.1 Å². The van der Waals surface area contributed by atoms with Crippen LogP contribution < -0.4 is 4.72 Å². The lowest BCUT2D eigenvalue weighted by molar-refractivity contribution is 0.0793. The van der Waals surface area contributed by atoms with Crippen LogP contribution in [-0.2, 0) is 10.0 Å². The third-order valence-electron chi connectivity index (χ3n) is 4.68. The Morgan fingerprint density at radius 3 is 2.37 bits per heavy atom. The zero-order valence-electron chi connectivity index (χ0n) is 15.4. The van der Waals surface area contributed by atoms with Crippen LogP contribution in [-0.4, -0.2) is 38.1 Å². The van der Waals surface area contributed by atoms with E-state index >= 15 is 0 Å². The van der Waals surface area contributed by atoms with Gasteiger partial charge in [0.1, 0.15) is 0 Å². The van der Waals surface area contributed by atoms with E-state index in [4.69, 9.17) is 0 Å². The Bertz CT molecular complexity index is 993. The summed E-state index contributed by atoms with van der Waals surface area (Å²) in [6.07, 6.45) is 1.91. The van der Waals surface area contributed by atoms with Crippen molar-refractivity contribution in [3.05, 3.63) is 59.2 Å². The molecule has 2 aromatic rings. The molecule has 1 fully saturated rings. The third-order valence-corrected chi connectivity index (χ3v) is 6.03. The summed E-state index contributed by atoms with van der Waals surface area (Å²) in [5.41, 5.74) is 1.59. The van der Waals surface area contributed by atoms with Crippen molar-refractivity contribution in [3.63, 3.8) is 0 Å².